The minimum Gasteiger partial charge on any atom is -0.481 e. The van der Waals surface area contributed by atoms with Gasteiger partial charge in [0, 0.05) is 12.6 Å². The lowest BCUT2D eigenvalue weighted by atomic mass is 9.79. The summed E-state index contributed by atoms with van der Waals surface area (Å²) < 4.78 is 0. The van der Waals surface area contributed by atoms with Crippen molar-refractivity contribution >= 4 is 5.97 Å². The molecule has 1 atom stereocenters. The Morgan fingerprint density at radius 3 is 2.86 bits per heavy atom. The van der Waals surface area contributed by atoms with Gasteiger partial charge in [-0.3, -0.25) is 9.69 Å². The van der Waals surface area contributed by atoms with Crippen molar-refractivity contribution in [3.05, 3.63) is 0 Å². The Hall–Kier alpha value is -0.570. The topological polar surface area (TPSA) is 40.5 Å². The van der Waals surface area contributed by atoms with Crippen molar-refractivity contribution in [1.29, 1.82) is 0 Å². The van der Waals surface area contributed by atoms with Gasteiger partial charge in [0.05, 0.1) is 6.42 Å². The first kappa shape index (κ1) is 9.97. The Kier molecular flexibility index (Phi) is 2.52. The summed E-state index contributed by atoms with van der Waals surface area (Å²) in [6.45, 7) is 4.29. The molecule has 2 rings (SSSR count). The van der Waals surface area contributed by atoms with E-state index in [9.17, 15) is 4.79 Å². The second-order valence-electron chi connectivity index (χ2n) is 5.19. The van der Waals surface area contributed by atoms with E-state index in [0.29, 0.717) is 6.42 Å². The molecule has 1 aliphatic heterocycles. The molecule has 0 bridgehead atoms. The second-order valence-corrected chi connectivity index (χ2v) is 5.19. The highest BCUT2D eigenvalue weighted by Gasteiger charge is 2.38. The summed E-state index contributed by atoms with van der Waals surface area (Å²) in [4.78, 5) is 13.2. The molecule has 1 saturated heterocycles. The first-order valence-corrected chi connectivity index (χ1v) is 5.55. The highest BCUT2D eigenvalue weighted by Crippen LogP contribution is 2.38. The average Bonchev–Trinajstić information content (AvgIpc) is 2.83. The fourth-order valence-corrected chi connectivity index (χ4v) is 2.62. The molecule has 0 radical (unpaired) electrons. The van der Waals surface area contributed by atoms with Crippen LogP contribution >= 0.6 is 0 Å². The number of aliphatic carboxylic acids is 1. The molecule has 2 fully saturated rings. The Bertz CT molecular complexity index is 237. The van der Waals surface area contributed by atoms with Crippen LogP contribution in [-0.4, -0.2) is 35.1 Å². The van der Waals surface area contributed by atoms with E-state index in [1.807, 2.05) is 0 Å². The van der Waals surface area contributed by atoms with Crippen LogP contribution in [0.4, 0.5) is 0 Å². The van der Waals surface area contributed by atoms with Crippen LogP contribution in [0.15, 0.2) is 0 Å². The molecule has 0 aromatic heterocycles. The molecule has 1 N–H and O–H groups in total. The predicted octanol–water partition coefficient (Wildman–Crippen LogP) is 1.73. The Morgan fingerprint density at radius 2 is 2.29 bits per heavy atom. The van der Waals surface area contributed by atoms with Crippen LogP contribution in [0.5, 0.6) is 0 Å². The van der Waals surface area contributed by atoms with Crippen molar-refractivity contribution in [2.75, 3.05) is 13.1 Å². The SMILES string of the molecule is CC1(CC(=O)O)CCCN(C2CC2)C1. The lowest BCUT2D eigenvalue weighted by molar-refractivity contribution is -0.140. The third-order valence-electron chi connectivity index (χ3n) is 3.45. The smallest absolute Gasteiger partial charge is 0.303 e. The summed E-state index contributed by atoms with van der Waals surface area (Å²) in [5, 5.41) is 8.85. The molecule has 1 saturated carbocycles. The van der Waals surface area contributed by atoms with Crippen LogP contribution in [0.3, 0.4) is 0 Å². The lowest BCUT2D eigenvalue weighted by Crippen LogP contribution is -2.43. The van der Waals surface area contributed by atoms with Gasteiger partial charge in [-0.1, -0.05) is 6.92 Å². The normalized spacial score (nSPS) is 34.4. The van der Waals surface area contributed by atoms with Gasteiger partial charge in [0.2, 0.25) is 0 Å². The molecular formula is C11H19NO2. The summed E-state index contributed by atoms with van der Waals surface area (Å²) >= 11 is 0. The van der Waals surface area contributed by atoms with Gasteiger partial charge >= 0.3 is 5.97 Å². The molecule has 1 heterocycles. The molecule has 1 unspecified atom stereocenters. The number of nitrogens with zero attached hydrogens (tertiary/aromatic N) is 1. The van der Waals surface area contributed by atoms with Gasteiger partial charge in [-0.2, -0.15) is 0 Å². The highest BCUT2D eigenvalue weighted by molar-refractivity contribution is 5.67. The number of carboxylic acid groups (broad SMARTS) is 1. The summed E-state index contributed by atoms with van der Waals surface area (Å²) in [5.74, 6) is -0.648. The van der Waals surface area contributed by atoms with Crippen molar-refractivity contribution in [3.63, 3.8) is 0 Å². The van der Waals surface area contributed by atoms with E-state index >= 15 is 0 Å². The molecule has 80 valence electrons. The fourth-order valence-electron chi connectivity index (χ4n) is 2.62. The van der Waals surface area contributed by atoms with Crippen molar-refractivity contribution < 1.29 is 9.90 Å². The number of carboxylic acids is 1. The van der Waals surface area contributed by atoms with Crippen LogP contribution in [0.1, 0.15) is 39.0 Å². The predicted molar refractivity (Wildman–Crippen MR) is 54.2 cm³/mol. The second kappa shape index (κ2) is 3.54. The molecule has 0 amide bonds. The summed E-state index contributed by atoms with van der Waals surface area (Å²) in [6, 6.07) is 0.781. The van der Waals surface area contributed by atoms with Gasteiger partial charge < -0.3 is 5.11 Å². The van der Waals surface area contributed by atoms with Crippen LogP contribution in [0, 0.1) is 5.41 Å². The number of hydrogen-bond acceptors (Lipinski definition) is 2. The third kappa shape index (κ3) is 2.27. The van der Waals surface area contributed by atoms with E-state index in [0.717, 1.165) is 19.0 Å². The Morgan fingerprint density at radius 1 is 1.57 bits per heavy atom. The van der Waals surface area contributed by atoms with Crippen LogP contribution in [-0.2, 0) is 4.79 Å². The number of likely N-dealkylation sites (tertiary alicyclic amines) is 1. The molecule has 2 aliphatic rings. The van der Waals surface area contributed by atoms with Gasteiger partial charge in [0.25, 0.3) is 0 Å². The van der Waals surface area contributed by atoms with E-state index in [-0.39, 0.29) is 5.41 Å². The van der Waals surface area contributed by atoms with Crippen molar-refractivity contribution in [3.8, 4) is 0 Å². The number of piperidine rings is 1. The number of hydrogen-bond donors (Lipinski definition) is 1. The molecule has 3 nitrogen and oxygen atoms in total. The van der Waals surface area contributed by atoms with Crippen LogP contribution in [0.2, 0.25) is 0 Å². The quantitative estimate of drug-likeness (QED) is 0.749. The summed E-state index contributed by atoms with van der Waals surface area (Å²) in [5.41, 5.74) is 0.0205. The zero-order chi connectivity index (χ0) is 10.2. The average molecular weight is 197 g/mol. The minimum absolute atomic E-state index is 0.0205. The van der Waals surface area contributed by atoms with E-state index < -0.39 is 5.97 Å². The maximum atomic E-state index is 10.7. The van der Waals surface area contributed by atoms with Crippen LogP contribution in [0.25, 0.3) is 0 Å². The Labute approximate surface area is 85.1 Å². The maximum Gasteiger partial charge on any atom is 0.303 e. The first-order valence-electron chi connectivity index (χ1n) is 5.55. The van der Waals surface area contributed by atoms with E-state index in [4.69, 9.17) is 5.11 Å². The summed E-state index contributed by atoms with van der Waals surface area (Å²) in [7, 11) is 0. The maximum absolute atomic E-state index is 10.7. The van der Waals surface area contributed by atoms with Crippen molar-refractivity contribution in [2.45, 2.75) is 45.1 Å². The van der Waals surface area contributed by atoms with Gasteiger partial charge in [-0.05, 0) is 37.6 Å². The monoisotopic (exact) mass is 197 g/mol. The molecule has 0 aromatic rings. The zero-order valence-corrected chi connectivity index (χ0v) is 8.83. The van der Waals surface area contributed by atoms with Gasteiger partial charge in [-0.25, -0.2) is 0 Å². The van der Waals surface area contributed by atoms with Gasteiger partial charge in [0.1, 0.15) is 0 Å². The zero-order valence-electron chi connectivity index (χ0n) is 8.83. The van der Waals surface area contributed by atoms with Crippen LogP contribution < -0.4 is 0 Å². The van der Waals surface area contributed by atoms with E-state index in [1.54, 1.807) is 0 Å². The molecule has 1 aliphatic carbocycles. The van der Waals surface area contributed by atoms with Gasteiger partial charge in [0.15, 0.2) is 0 Å². The fraction of sp³-hybridized carbons (Fsp3) is 0.909. The van der Waals surface area contributed by atoms with Crippen molar-refractivity contribution in [2.24, 2.45) is 5.41 Å². The van der Waals surface area contributed by atoms with Gasteiger partial charge in [-0.15, -0.1) is 0 Å². The molecule has 0 aromatic carbocycles. The molecular weight excluding hydrogens is 178 g/mol. The largest absolute Gasteiger partial charge is 0.481 e. The molecule has 14 heavy (non-hydrogen) atoms. The third-order valence-corrected chi connectivity index (χ3v) is 3.45. The van der Waals surface area contributed by atoms with Crippen molar-refractivity contribution in [1.82, 2.24) is 4.90 Å². The van der Waals surface area contributed by atoms with E-state index in [1.165, 1.54) is 25.8 Å². The number of rotatable bonds is 3. The minimum atomic E-state index is -0.648. The van der Waals surface area contributed by atoms with E-state index in [2.05, 4.69) is 11.8 Å². The Balaban J connectivity index is 1.93. The molecule has 0 spiro atoms. The highest BCUT2D eigenvalue weighted by atomic mass is 16.4. The number of carbonyl (C=O) groups is 1. The molecule has 3 heteroatoms. The first-order chi connectivity index (χ1) is 6.59. The lowest BCUT2D eigenvalue weighted by Gasteiger charge is -2.39. The summed E-state index contributed by atoms with van der Waals surface area (Å²) in [6.07, 6.45) is 5.21. The standard InChI is InChI=1S/C11H19NO2/c1-11(7-10(13)14)5-2-6-12(8-11)9-3-4-9/h9H,2-8H2,1H3,(H,13,14).